The minimum Gasteiger partial charge on any atom is -0.444 e. The molecule has 17 heavy (non-hydrogen) atoms. The van der Waals surface area contributed by atoms with Gasteiger partial charge < -0.3 is 9.64 Å². The highest BCUT2D eigenvalue weighted by atomic mass is 32.2. The topological polar surface area (TPSA) is 46.6 Å². The molecule has 2 saturated heterocycles. The number of nitrogens with zero attached hydrogens (tertiary/aromatic N) is 1. The Balaban J connectivity index is 1.85. The van der Waals surface area contributed by atoms with Gasteiger partial charge in [-0.1, -0.05) is 0 Å². The van der Waals surface area contributed by atoms with Crippen molar-refractivity contribution in [3.8, 4) is 0 Å². The molecule has 5 heteroatoms. The third kappa shape index (κ3) is 2.94. The van der Waals surface area contributed by atoms with Gasteiger partial charge in [-0.05, 0) is 20.8 Å². The standard InChI is InChI=1S/C12H19NO3S/c1-11(2,3)16-10(15)13-7-12(8-13)6-9(14)4-5-17-12/h4-8H2,1-3H3. The van der Waals surface area contributed by atoms with Crippen molar-refractivity contribution in [3.63, 3.8) is 0 Å². The van der Waals surface area contributed by atoms with Crippen LogP contribution >= 0.6 is 11.8 Å². The van der Waals surface area contributed by atoms with E-state index in [1.165, 1.54) is 0 Å². The largest absolute Gasteiger partial charge is 0.444 e. The monoisotopic (exact) mass is 257 g/mol. The normalized spacial score (nSPS) is 23.5. The van der Waals surface area contributed by atoms with E-state index in [1.807, 2.05) is 32.5 Å². The number of hydrogen-bond acceptors (Lipinski definition) is 4. The van der Waals surface area contributed by atoms with Gasteiger partial charge in [0.25, 0.3) is 0 Å². The second-order valence-corrected chi connectivity index (χ2v) is 7.40. The summed E-state index contributed by atoms with van der Waals surface area (Å²) in [5.41, 5.74) is -0.449. The molecule has 2 rings (SSSR count). The lowest BCUT2D eigenvalue weighted by Crippen LogP contribution is -2.63. The molecule has 2 aliphatic heterocycles. The Morgan fingerprint density at radius 1 is 1.41 bits per heavy atom. The smallest absolute Gasteiger partial charge is 0.410 e. The number of ketones is 1. The van der Waals surface area contributed by atoms with Crippen molar-refractivity contribution in [2.45, 2.75) is 44.0 Å². The van der Waals surface area contributed by atoms with Crippen molar-refractivity contribution in [1.29, 1.82) is 0 Å². The fourth-order valence-electron chi connectivity index (χ4n) is 2.19. The molecule has 0 unspecified atom stereocenters. The Bertz CT molecular complexity index is 342. The summed E-state index contributed by atoms with van der Waals surface area (Å²) in [6.45, 7) is 6.88. The first-order chi connectivity index (χ1) is 7.80. The summed E-state index contributed by atoms with van der Waals surface area (Å²) in [6.07, 6.45) is 1.03. The molecule has 4 nitrogen and oxygen atoms in total. The SMILES string of the molecule is CC(C)(C)OC(=O)N1CC2(CC(=O)CCS2)C1. The number of Topliss-reactive ketones (excluding diaryl/α,β-unsaturated/α-hetero) is 1. The van der Waals surface area contributed by atoms with E-state index in [0.29, 0.717) is 31.7 Å². The lowest BCUT2D eigenvalue weighted by Gasteiger charge is -2.50. The van der Waals surface area contributed by atoms with Gasteiger partial charge in [-0.25, -0.2) is 4.79 Å². The van der Waals surface area contributed by atoms with Gasteiger partial charge in [-0.15, -0.1) is 0 Å². The zero-order chi connectivity index (χ0) is 12.7. The van der Waals surface area contributed by atoms with E-state index in [1.54, 1.807) is 4.90 Å². The van der Waals surface area contributed by atoms with Crippen LogP contribution in [-0.4, -0.2) is 46.0 Å². The molecule has 0 aliphatic carbocycles. The first kappa shape index (κ1) is 12.7. The van der Waals surface area contributed by atoms with E-state index in [-0.39, 0.29) is 10.8 Å². The van der Waals surface area contributed by atoms with Crippen molar-refractivity contribution >= 4 is 23.6 Å². The molecule has 0 bridgehead atoms. The Kier molecular flexibility index (Phi) is 3.14. The Morgan fingerprint density at radius 2 is 2.06 bits per heavy atom. The van der Waals surface area contributed by atoms with Gasteiger partial charge in [0.15, 0.2) is 0 Å². The van der Waals surface area contributed by atoms with E-state index >= 15 is 0 Å². The van der Waals surface area contributed by atoms with Crippen LogP contribution in [0.3, 0.4) is 0 Å². The molecule has 0 radical (unpaired) electrons. The molecule has 1 spiro atoms. The molecule has 2 aliphatic rings. The molecule has 0 aromatic rings. The summed E-state index contributed by atoms with van der Waals surface area (Å²) in [6, 6.07) is 0. The molecular formula is C12H19NO3S. The van der Waals surface area contributed by atoms with Crippen molar-refractivity contribution in [2.24, 2.45) is 0 Å². The van der Waals surface area contributed by atoms with Crippen molar-refractivity contribution in [3.05, 3.63) is 0 Å². The fraction of sp³-hybridized carbons (Fsp3) is 0.833. The Morgan fingerprint density at radius 3 is 2.59 bits per heavy atom. The van der Waals surface area contributed by atoms with Crippen LogP contribution in [0, 0.1) is 0 Å². The third-order valence-corrected chi connectivity index (χ3v) is 4.34. The molecule has 0 atom stereocenters. The number of carbonyl (C=O) groups is 2. The highest BCUT2D eigenvalue weighted by Crippen LogP contribution is 2.42. The average molecular weight is 257 g/mol. The summed E-state index contributed by atoms with van der Waals surface area (Å²) >= 11 is 1.82. The molecule has 2 heterocycles. The van der Waals surface area contributed by atoms with Crippen LogP contribution in [0.1, 0.15) is 33.6 Å². The van der Waals surface area contributed by atoms with E-state index in [4.69, 9.17) is 4.74 Å². The molecule has 1 amide bonds. The number of likely N-dealkylation sites (tertiary alicyclic amines) is 1. The molecule has 0 aromatic carbocycles. The number of rotatable bonds is 0. The second-order valence-electron chi connectivity index (χ2n) is 5.83. The molecule has 0 saturated carbocycles. The first-order valence-corrected chi connectivity index (χ1v) is 6.92. The van der Waals surface area contributed by atoms with Crippen LogP contribution < -0.4 is 0 Å². The van der Waals surface area contributed by atoms with Crippen molar-refractivity contribution in [2.75, 3.05) is 18.8 Å². The van der Waals surface area contributed by atoms with E-state index in [2.05, 4.69) is 0 Å². The van der Waals surface area contributed by atoms with Crippen molar-refractivity contribution < 1.29 is 14.3 Å². The average Bonchev–Trinajstić information content (AvgIpc) is 2.10. The second kappa shape index (κ2) is 4.19. The maximum atomic E-state index is 11.8. The van der Waals surface area contributed by atoms with Gasteiger partial charge in [0.2, 0.25) is 0 Å². The maximum absolute atomic E-state index is 11.8. The van der Waals surface area contributed by atoms with Gasteiger partial charge >= 0.3 is 6.09 Å². The van der Waals surface area contributed by atoms with Crippen LogP contribution in [0.5, 0.6) is 0 Å². The zero-order valence-corrected chi connectivity index (χ0v) is 11.4. The fourth-order valence-corrected chi connectivity index (χ4v) is 3.71. The van der Waals surface area contributed by atoms with Crippen LogP contribution in [0.25, 0.3) is 0 Å². The van der Waals surface area contributed by atoms with Crippen LogP contribution in [0.15, 0.2) is 0 Å². The minimum atomic E-state index is -0.449. The quantitative estimate of drug-likeness (QED) is 0.666. The summed E-state index contributed by atoms with van der Waals surface area (Å²) in [7, 11) is 0. The van der Waals surface area contributed by atoms with E-state index < -0.39 is 5.60 Å². The van der Waals surface area contributed by atoms with Gasteiger partial charge in [-0.2, -0.15) is 11.8 Å². The number of thioether (sulfide) groups is 1. The predicted octanol–water partition coefficient (Wildman–Crippen LogP) is 2.07. The van der Waals surface area contributed by atoms with Gasteiger partial charge in [0.1, 0.15) is 11.4 Å². The Labute approximate surface area is 106 Å². The molecule has 96 valence electrons. The Hall–Kier alpha value is -0.710. The number of amides is 1. The number of ether oxygens (including phenoxy) is 1. The van der Waals surface area contributed by atoms with Gasteiger partial charge in [-0.3, -0.25) is 4.79 Å². The van der Waals surface area contributed by atoms with Gasteiger partial charge in [0, 0.05) is 31.7 Å². The van der Waals surface area contributed by atoms with E-state index in [0.717, 1.165) is 5.75 Å². The van der Waals surface area contributed by atoms with Crippen molar-refractivity contribution in [1.82, 2.24) is 4.90 Å². The lowest BCUT2D eigenvalue weighted by atomic mass is 9.92. The van der Waals surface area contributed by atoms with Crippen LogP contribution in [0.2, 0.25) is 0 Å². The summed E-state index contributed by atoms with van der Waals surface area (Å²) in [5, 5.41) is 0. The summed E-state index contributed by atoms with van der Waals surface area (Å²) in [5.74, 6) is 1.22. The maximum Gasteiger partial charge on any atom is 0.410 e. The highest BCUT2D eigenvalue weighted by Gasteiger charge is 2.49. The first-order valence-electron chi connectivity index (χ1n) is 5.93. The summed E-state index contributed by atoms with van der Waals surface area (Å²) < 4.78 is 5.29. The molecular weight excluding hydrogens is 238 g/mol. The molecule has 0 aromatic heterocycles. The van der Waals surface area contributed by atoms with Gasteiger partial charge in [0.05, 0.1) is 4.75 Å². The number of carbonyl (C=O) groups excluding carboxylic acids is 2. The summed E-state index contributed by atoms with van der Waals surface area (Å²) in [4.78, 5) is 24.9. The molecule has 0 N–H and O–H groups in total. The zero-order valence-electron chi connectivity index (χ0n) is 10.6. The van der Waals surface area contributed by atoms with E-state index in [9.17, 15) is 9.59 Å². The highest BCUT2D eigenvalue weighted by molar-refractivity contribution is 8.00. The predicted molar refractivity (Wildman–Crippen MR) is 67.2 cm³/mol. The third-order valence-electron chi connectivity index (χ3n) is 2.92. The lowest BCUT2D eigenvalue weighted by molar-refractivity contribution is -0.120. The number of hydrogen-bond donors (Lipinski definition) is 0. The van der Waals surface area contributed by atoms with Crippen LogP contribution in [-0.2, 0) is 9.53 Å². The minimum absolute atomic E-state index is 0.00770. The van der Waals surface area contributed by atoms with Crippen LogP contribution in [0.4, 0.5) is 4.79 Å². The molecule has 2 fully saturated rings.